The van der Waals surface area contributed by atoms with Crippen LogP contribution in [0.5, 0.6) is 5.75 Å². The number of nitrogens with zero attached hydrogens (tertiary/aromatic N) is 1. The van der Waals surface area contributed by atoms with E-state index in [1.54, 1.807) is 19.1 Å². The predicted molar refractivity (Wildman–Crippen MR) is 100 cm³/mol. The van der Waals surface area contributed by atoms with Crippen LogP contribution in [0.3, 0.4) is 0 Å². The first-order valence-electron chi connectivity index (χ1n) is 8.52. The zero-order chi connectivity index (χ0) is 19.1. The number of likely N-dealkylation sites (N-methyl/N-ethyl adjacent to an activating group) is 1. The molecular weight excluding hydrogens is 330 g/mol. The Bertz CT molecular complexity index is 758. The van der Waals surface area contributed by atoms with Crippen molar-refractivity contribution in [3.05, 3.63) is 65.2 Å². The Morgan fingerprint density at radius 2 is 1.81 bits per heavy atom. The number of aryl methyl sites for hydroxylation is 1. The van der Waals surface area contributed by atoms with Gasteiger partial charge in [-0.3, -0.25) is 9.59 Å². The molecule has 0 aliphatic rings. The first-order valence-corrected chi connectivity index (χ1v) is 8.52. The molecule has 1 unspecified atom stereocenters. The first-order chi connectivity index (χ1) is 12.4. The fourth-order valence-corrected chi connectivity index (χ4v) is 2.61. The third-order valence-electron chi connectivity index (χ3n) is 4.43. The van der Waals surface area contributed by atoms with Crippen molar-refractivity contribution in [2.75, 3.05) is 20.8 Å². The van der Waals surface area contributed by atoms with E-state index < -0.39 is 5.97 Å². The summed E-state index contributed by atoms with van der Waals surface area (Å²) in [6, 6.07) is 15.2. The van der Waals surface area contributed by atoms with E-state index in [0.29, 0.717) is 0 Å². The highest BCUT2D eigenvalue weighted by Gasteiger charge is 2.18. The molecule has 2 rings (SSSR count). The van der Waals surface area contributed by atoms with E-state index in [1.165, 1.54) is 0 Å². The third-order valence-corrected chi connectivity index (χ3v) is 4.43. The monoisotopic (exact) mass is 355 g/mol. The van der Waals surface area contributed by atoms with Gasteiger partial charge in [0.1, 0.15) is 5.75 Å². The molecule has 0 radical (unpaired) electrons. The molecule has 5 nitrogen and oxygen atoms in total. The van der Waals surface area contributed by atoms with Gasteiger partial charge in [-0.2, -0.15) is 0 Å². The van der Waals surface area contributed by atoms with Crippen LogP contribution in [-0.4, -0.2) is 37.5 Å². The van der Waals surface area contributed by atoms with Crippen LogP contribution < -0.4 is 4.74 Å². The number of amides is 1. The van der Waals surface area contributed by atoms with Gasteiger partial charge >= 0.3 is 5.97 Å². The molecule has 26 heavy (non-hydrogen) atoms. The lowest BCUT2D eigenvalue weighted by molar-refractivity contribution is -0.151. The van der Waals surface area contributed by atoms with Crippen LogP contribution in [0.2, 0.25) is 0 Å². The van der Waals surface area contributed by atoms with Gasteiger partial charge in [-0.05, 0) is 36.6 Å². The molecule has 0 saturated heterocycles. The summed E-state index contributed by atoms with van der Waals surface area (Å²) in [6.45, 7) is 3.60. The first kappa shape index (κ1) is 19.5. The Labute approximate surface area is 154 Å². The van der Waals surface area contributed by atoms with Gasteiger partial charge in [-0.1, -0.05) is 42.5 Å². The van der Waals surface area contributed by atoms with E-state index in [9.17, 15) is 9.59 Å². The van der Waals surface area contributed by atoms with Crippen LogP contribution in [0, 0.1) is 6.92 Å². The summed E-state index contributed by atoms with van der Waals surface area (Å²) in [5, 5.41) is 0. The van der Waals surface area contributed by atoms with Crippen LogP contribution in [0.4, 0.5) is 0 Å². The SMILES string of the molecule is COc1cc(CC(=O)OCC(=O)N(C)C(C)c2ccccc2)ccc1C. The molecule has 0 saturated carbocycles. The largest absolute Gasteiger partial charge is 0.496 e. The fourth-order valence-electron chi connectivity index (χ4n) is 2.61. The van der Waals surface area contributed by atoms with Gasteiger partial charge in [-0.15, -0.1) is 0 Å². The maximum absolute atomic E-state index is 12.3. The molecule has 0 aliphatic heterocycles. The van der Waals surface area contributed by atoms with E-state index in [1.807, 2.05) is 62.4 Å². The number of benzene rings is 2. The number of carbonyl (C=O) groups excluding carboxylic acids is 2. The smallest absolute Gasteiger partial charge is 0.310 e. The molecule has 0 aliphatic carbocycles. The Hall–Kier alpha value is -2.82. The highest BCUT2D eigenvalue weighted by molar-refractivity contribution is 5.81. The summed E-state index contributed by atoms with van der Waals surface area (Å²) < 4.78 is 10.4. The summed E-state index contributed by atoms with van der Waals surface area (Å²) in [4.78, 5) is 25.9. The second-order valence-corrected chi connectivity index (χ2v) is 6.23. The summed E-state index contributed by atoms with van der Waals surface area (Å²) in [5.41, 5.74) is 2.81. The van der Waals surface area contributed by atoms with Gasteiger partial charge in [0.05, 0.1) is 19.6 Å². The minimum Gasteiger partial charge on any atom is -0.496 e. The quantitative estimate of drug-likeness (QED) is 0.715. The van der Waals surface area contributed by atoms with Crippen molar-refractivity contribution in [1.82, 2.24) is 4.90 Å². The highest BCUT2D eigenvalue weighted by Crippen LogP contribution is 2.20. The van der Waals surface area contributed by atoms with Crippen LogP contribution in [-0.2, 0) is 20.7 Å². The number of carbonyl (C=O) groups is 2. The second-order valence-electron chi connectivity index (χ2n) is 6.23. The van der Waals surface area contributed by atoms with Gasteiger partial charge < -0.3 is 14.4 Å². The molecule has 138 valence electrons. The molecule has 0 spiro atoms. The van der Waals surface area contributed by atoms with Crippen molar-refractivity contribution in [2.45, 2.75) is 26.3 Å². The third kappa shape index (κ3) is 5.09. The Morgan fingerprint density at radius 3 is 2.46 bits per heavy atom. The fraction of sp³-hybridized carbons (Fsp3) is 0.333. The topological polar surface area (TPSA) is 55.8 Å². The molecule has 2 aromatic carbocycles. The van der Waals surface area contributed by atoms with Crippen molar-refractivity contribution in [3.63, 3.8) is 0 Å². The number of ether oxygens (including phenoxy) is 2. The number of methoxy groups -OCH3 is 1. The van der Waals surface area contributed by atoms with E-state index in [0.717, 1.165) is 22.4 Å². The average molecular weight is 355 g/mol. The second kappa shape index (κ2) is 9.04. The highest BCUT2D eigenvalue weighted by atomic mass is 16.5. The standard InChI is InChI=1S/C21H25NO4/c1-15-10-11-17(12-19(15)25-4)13-21(24)26-14-20(23)22(3)16(2)18-8-6-5-7-9-18/h5-12,16H,13-14H2,1-4H3. The van der Waals surface area contributed by atoms with Gasteiger partial charge in [0.2, 0.25) is 0 Å². The molecular formula is C21H25NO4. The van der Waals surface area contributed by atoms with Crippen molar-refractivity contribution < 1.29 is 19.1 Å². The molecule has 1 amide bonds. The summed E-state index contributed by atoms with van der Waals surface area (Å²) in [7, 11) is 3.30. The lowest BCUT2D eigenvalue weighted by Crippen LogP contribution is -2.33. The minimum absolute atomic E-state index is 0.0937. The number of rotatable bonds is 7. The summed E-state index contributed by atoms with van der Waals surface area (Å²) in [6.07, 6.45) is 0.0991. The van der Waals surface area contributed by atoms with Crippen LogP contribution in [0.25, 0.3) is 0 Å². The van der Waals surface area contributed by atoms with E-state index >= 15 is 0 Å². The lowest BCUT2D eigenvalue weighted by atomic mass is 10.1. The molecule has 1 atom stereocenters. The van der Waals surface area contributed by atoms with Crippen LogP contribution in [0.1, 0.15) is 29.7 Å². The number of esters is 1. The van der Waals surface area contributed by atoms with Gasteiger partial charge in [-0.25, -0.2) is 0 Å². The van der Waals surface area contributed by atoms with E-state index in [4.69, 9.17) is 9.47 Å². The van der Waals surface area contributed by atoms with Crippen LogP contribution in [0.15, 0.2) is 48.5 Å². The zero-order valence-electron chi connectivity index (χ0n) is 15.7. The zero-order valence-corrected chi connectivity index (χ0v) is 15.7. The van der Waals surface area contributed by atoms with Gasteiger partial charge in [0.25, 0.3) is 5.91 Å². The molecule has 0 N–H and O–H groups in total. The maximum Gasteiger partial charge on any atom is 0.310 e. The molecule has 0 bridgehead atoms. The number of hydrogen-bond acceptors (Lipinski definition) is 4. The van der Waals surface area contributed by atoms with E-state index in [2.05, 4.69) is 0 Å². The summed E-state index contributed by atoms with van der Waals surface area (Å²) >= 11 is 0. The molecule has 0 heterocycles. The maximum atomic E-state index is 12.3. The molecule has 5 heteroatoms. The van der Waals surface area contributed by atoms with Crippen molar-refractivity contribution >= 4 is 11.9 Å². The van der Waals surface area contributed by atoms with Crippen molar-refractivity contribution in [1.29, 1.82) is 0 Å². The molecule has 0 fully saturated rings. The van der Waals surface area contributed by atoms with Gasteiger partial charge in [0.15, 0.2) is 6.61 Å². The Morgan fingerprint density at radius 1 is 1.12 bits per heavy atom. The Kier molecular flexibility index (Phi) is 6.78. The molecule has 2 aromatic rings. The molecule has 0 aromatic heterocycles. The Balaban J connectivity index is 1.87. The predicted octanol–water partition coefficient (Wildman–Crippen LogP) is 3.31. The van der Waals surface area contributed by atoms with Crippen molar-refractivity contribution in [2.24, 2.45) is 0 Å². The summed E-state index contributed by atoms with van der Waals surface area (Å²) in [5.74, 6) is 0.0454. The minimum atomic E-state index is -0.440. The normalized spacial score (nSPS) is 11.5. The van der Waals surface area contributed by atoms with Gasteiger partial charge in [0, 0.05) is 7.05 Å². The average Bonchev–Trinajstić information content (AvgIpc) is 2.67. The van der Waals surface area contributed by atoms with E-state index in [-0.39, 0.29) is 25.0 Å². The van der Waals surface area contributed by atoms with Crippen LogP contribution >= 0.6 is 0 Å². The number of hydrogen-bond donors (Lipinski definition) is 0. The lowest BCUT2D eigenvalue weighted by Gasteiger charge is -2.25. The van der Waals surface area contributed by atoms with Crippen molar-refractivity contribution in [3.8, 4) is 5.75 Å².